The molecule has 27 heavy (non-hydrogen) atoms. The topological polar surface area (TPSA) is 79.5 Å². The van der Waals surface area contributed by atoms with E-state index in [0.717, 1.165) is 21.8 Å². The zero-order valence-corrected chi connectivity index (χ0v) is 15.7. The molecule has 0 aliphatic rings. The van der Waals surface area contributed by atoms with Crippen molar-refractivity contribution < 1.29 is 9.90 Å². The second-order valence-electron chi connectivity index (χ2n) is 5.87. The summed E-state index contributed by atoms with van der Waals surface area (Å²) < 4.78 is 1.96. The lowest BCUT2D eigenvalue weighted by Crippen LogP contribution is -2.19. The van der Waals surface area contributed by atoms with E-state index >= 15 is 0 Å². The van der Waals surface area contributed by atoms with Gasteiger partial charge in [-0.25, -0.2) is 10.4 Å². The van der Waals surface area contributed by atoms with Gasteiger partial charge in [0.1, 0.15) is 5.75 Å². The van der Waals surface area contributed by atoms with E-state index in [1.165, 1.54) is 18.0 Å². The number of hydrogen-bond donors (Lipinski definition) is 2. The highest BCUT2D eigenvalue weighted by atomic mass is 32.2. The highest BCUT2D eigenvalue weighted by molar-refractivity contribution is 7.99. The molecule has 0 bridgehead atoms. The number of carbonyl (C=O) groups is 1. The van der Waals surface area contributed by atoms with E-state index in [2.05, 4.69) is 22.1 Å². The summed E-state index contributed by atoms with van der Waals surface area (Å²) >= 11 is 1.34. The van der Waals surface area contributed by atoms with E-state index in [-0.39, 0.29) is 17.4 Å². The number of fused-ring (bicyclic) bond motifs is 1. The number of para-hydroxylation sites is 3. The van der Waals surface area contributed by atoms with Crippen LogP contribution >= 0.6 is 11.8 Å². The van der Waals surface area contributed by atoms with E-state index in [1.54, 1.807) is 12.1 Å². The van der Waals surface area contributed by atoms with Gasteiger partial charge in [0.2, 0.25) is 0 Å². The third-order valence-electron chi connectivity index (χ3n) is 3.99. The molecule has 2 N–H and O–H groups in total. The maximum atomic E-state index is 12.0. The number of hydrogen-bond acceptors (Lipinski definition) is 5. The van der Waals surface area contributed by atoms with E-state index in [1.807, 2.05) is 48.0 Å². The number of rotatable bonds is 7. The maximum Gasteiger partial charge on any atom is 0.250 e. The predicted octanol–water partition coefficient (Wildman–Crippen LogP) is 3.25. The first kappa shape index (κ1) is 18.7. The van der Waals surface area contributed by atoms with Crippen LogP contribution in [-0.4, -0.2) is 32.5 Å². The molecular weight excluding hydrogens is 360 g/mol. The van der Waals surface area contributed by atoms with Gasteiger partial charge >= 0.3 is 0 Å². The molecule has 3 aromatic rings. The summed E-state index contributed by atoms with van der Waals surface area (Å²) in [5, 5.41) is 14.9. The monoisotopic (exact) mass is 380 g/mol. The molecule has 6 nitrogen and oxygen atoms in total. The quantitative estimate of drug-likeness (QED) is 0.285. The molecule has 0 aliphatic carbocycles. The fourth-order valence-corrected chi connectivity index (χ4v) is 3.40. The van der Waals surface area contributed by atoms with E-state index in [4.69, 9.17) is 0 Å². The second-order valence-corrected chi connectivity index (χ2v) is 6.81. The van der Waals surface area contributed by atoms with Crippen LogP contribution in [0.4, 0.5) is 0 Å². The lowest BCUT2D eigenvalue weighted by Gasteiger charge is -2.05. The Morgan fingerprint density at radius 2 is 2.15 bits per heavy atom. The first-order valence-electron chi connectivity index (χ1n) is 8.38. The predicted molar refractivity (Wildman–Crippen MR) is 109 cm³/mol. The van der Waals surface area contributed by atoms with Crippen molar-refractivity contribution in [1.29, 1.82) is 0 Å². The van der Waals surface area contributed by atoms with Gasteiger partial charge in [0.15, 0.2) is 5.16 Å². The normalized spacial score (nSPS) is 11.1. The molecule has 1 amide bonds. The molecule has 1 heterocycles. The molecule has 0 unspecified atom stereocenters. The molecule has 0 saturated carbocycles. The van der Waals surface area contributed by atoms with Crippen LogP contribution < -0.4 is 5.43 Å². The number of aromatic hydroxyl groups is 1. The first-order chi connectivity index (χ1) is 13.1. The number of nitrogens with zero attached hydrogens (tertiary/aromatic N) is 3. The zero-order valence-electron chi connectivity index (χ0n) is 14.9. The van der Waals surface area contributed by atoms with Crippen LogP contribution in [-0.2, 0) is 18.3 Å². The Kier molecular flexibility index (Phi) is 5.93. The number of benzene rings is 2. The highest BCUT2D eigenvalue weighted by Gasteiger charge is 2.10. The summed E-state index contributed by atoms with van der Waals surface area (Å²) in [6.07, 6.45) is 3.71. The molecular formula is C20H20N4O2S. The standard InChI is InChI=1S/C20H20N4O2S/c1-3-7-14-8-6-9-15(19(14)26)12-21-23-18(25)13-27-20-22-16-10-4-5-11-17(16)24(20)2/h3-6,8-12,26H,1,7,13H2,2H3,(H,23,25)/b21-12+. The van der Waals surface area contributed by atoms with Crippen LogP contribution in [0.5, 0.6) is 5.75 Å². The van der Waals surface area contributed by atoms with Gasteiger partial charge in [-0.2, -0.15) is 5.10 Å². The van der Waals surface area contributed by atoms with E-state index in [9.17, 15) is 9.90 Å². The number of phenols is 1. The molecule has 0 spiro atoms. The van der Waals surface area contributed by atoms with Crippen molar-refractivity contribution in [3.63, 3.8) is 0 Å². The van der Waals surface area contributed by atoms with Crippen LogP contribution in [0.3, 0.4) is 0 Å². The Labute approximate surface area is 161 Å². The molecule has 0 atom stereocenters. The van der Waals surface area contributed by atoms with Crippen LogP contribution in [0.1, 0.15) is 11.1 Å². The first-order valence-corrected chi connectivity index (χ1v) is 9.36. The number of carbonyl (C=O) groups excluding carboxylic acids is 1. The summed E-state index contributed by atoms with van der Waals surface area (Å²) in [4.78, 5) is 16.5. The van der Waals surface area contributed by atoms with Gasteiger partial charge < -0.3 is 9.67 Å². The van der Waals surface area contributed by atoms with Gasteiger partial charge in [-0.15, -0.1) is 6.58 Å². The van der Waals surface area contributed by atoms with Gasteiger partial charge in [-0.3, -0.25) is 4.79 Å². The lowest BCUT2D eigenvalue weighted by atomic mass is 10.1. The number of thioether (sulfide) groups is 1. The minimum Gasteiger partial charge on any atom is -0.507 e. The summed E-state index contributed by atoms with van der Waals surface area (Å²) in [5.74, 6) is 0.0892. The number of imidazole rings is 1. The van der Waals surface area contributed by atoms with Gasteiger partial charge in [0.25, 0.3) is 5.91 Å². The smallest absolute Gasteiger partial charge is 0.250 e. The summed E-state index contributed by atoms with van der Waals surface area (Å²) in [5.41, 5.74) is 5.70. The van der Waals surface area contributed by atoms with Gasteiger partial charge in [0, 0.05) is 12.6 Å². The van der Waals surface area contributed by atoms with Crippen molar-refractivity contribution in [2.24, 2.45) is 12.1 Å². The Bertz CT molecular complexity index is 1010. The number of hydrazone groups is 1. The van der Waals surface area contributed by atoms with Crippen LogP contribution in [0.25, 0.3) is 11.0 Å². The van der Waals surface area contributed by atoms with Gasteiger partial charge in [-0.1, -0.05) is 42.1 Å². The Morgan fingerprint density at radius 3 is 2.93 bits per heavy atom. The molecule has 138 valence electrons. The number of aryl methyl sites for hydroxylation is 1. The molecule has 0 fully saturated rings. The molecule has 0 saturated heterocycles. The minimum absolute atomic E-state index is 0.143. The third-order valence-corrected chi connectivity index (χ3v) is 5.02. The molecule has 1 aromatic heterocycles. The zero-order chi connectivity index (χ0) is 19.2. The Balaban J connectivity index is 1.58. The van der Waals surface area contributed by atoms with Crippen molar-refractivity contribution in [2.45, 2.75) is 11.6 Å². The Hall–Kier alpha value is -3.06. The van der Waals surface area contributed by atoms with Crippen LogP contribution in [0.2, 0.25) is 0 Å². The van der Waals surface area contributed by atoms with Crippen molar-refractivity contribution in [3.05, 3.63) is 66.2 Å². The molecule has 7 heteroatoms. The molecule has 0 radical (unpaired) electrons. The summed E-state index contributed by atoms with van der Waals surface area (Å²) in [6.45, 7) is 3.67. The maximum absolute atomic E-state index is 12.0. The summed E-state index contributed by atoms with van der Waals surface area (Å²) in [7, 11) is 1.92. The fraction of sp³-hybridized carbons (Fsp3) is 0.150. The van der Waals surface area contributed by atoms with Crippen molar-refractivity contribution >= 4 is 34.9 Å². The van der Waals surface area contributed by atoms with Crippen molar-refractivity contribution in [2.75, 3.05) is 5.75 Å². The summed E-state index contributed by atoms with van der Waals surface area (Å²) in [6, 6.07) is 13.2. The number of aromatic nitrogens is 2. The van der Waals surface area contributed by atoms with Crippen molar-refractivity contribution in [3.8, 4) is 5.75 Å². The average molecular weight is 380 g/mol. The molecule has 3 rings (SSSR count). The number of allylic oxidation sites excluding steroid dienone is 1. The number of phenolic OH excluding ortho intramolecular Hbond substituents is 1. The Morgan fingerprint density at radius 1 is 1.33 bits per heavy atom. The number of amides is 1. The highest BCUT2D eigenvalue weighted by Crippen LogP contribution is 2.23. The largest absolute Gasteiger partial charge is 0.507 e. The SMILES string of the molecule is C=CCc1cccc(/C=N/NC(=O)CSc2nc3ccccc3n2C)c1O. The van der Waals surface area contributed by atoms with E-state index < -0.39 is 0 Å². The van der Waals surface area contributed by atoms with Crippen molar-refractivity contribution in [1.82, 2.24) is 15.0 Å². The average Bonchev–Trinajstić information content (AvgIpc) is 2.99. The fourth-order valence-electron chi connectivity index (χ4n) is 2.62. The minimum atomic E-state index is -0.245. The third kappa shape index (κ3) is 4.38. The van der Waals surface area contributed by atoms with Gasteiger partial charge in [-0.05, 0) is 30.2 Å². The van der Waals surface area contributed by atoms with Gasteiger partial charge in [0.05, 0.1) is 23.0 Å². The molecule has 0 aliphatic heterocycles. The van der Waals surface area contributed by atoms with Crippen LogP contribution in [0.15, 0.2) is 65.4 Å². The van der Waals surface area contributed by atoms with Crippen LogP contribution in [0, 0.1) is 0 Å². The number of nitrogens with one attached hydrogen (secondary N) is 1. The lowest BCUT2D eigenvalue weighted by molar-refractivity contribution is -0.118. The molecule has 2 aromatic carbocycles. The van der Waals surface area contributed by atoms with E-state index in [0.29, 0.717) is 12.0 Å². The second kappa shape index (κ2) is 8.55.